The first-order valence-corrected chi connectivity index (χ1v) is 4.64. The van der Waals surface area contributed by atoms with Gasteiger partial charge in [-0.2, -0.15) is 0 Å². The van der Waals surface area contributed by atoms with Gasteiger partial charge in [-0.3, -0.25) is 0 Å². The number of hydrogen-bond donors (Lipinski definition) is 0. The van der Waals surface area contributed by atoms with E-state index in [1.54, 1.807) is 0 Å². The van der Waals surface area contributed by atoms with Gasteiger partial charge in [0, 0.05) is 6.42 Å². The largest absolute Gasteiger partial charge is 0.133 e. The zero-order valence-corrected chi connectivity index (χ0v) is 7.97. The minimum absolute atomic E-state index is 0.499. The van der Waals surface area contributed by atoms with Crippen molar-refractivity contribution in [3.05, 3.63) is 18.4 Å². The molecule has 0 aliphatic carbocycles. The summed E-state index contributed by atoms with van der Waals surface area (Å²) in [6, 6.07) is 0. The van der Waals surface area contributed by atoms with Crippen LogP contribution in [0, 0.1) is 18.3 Å². The van der Waals surface area contributed by atoms with Crippen LogP contribution in [-0.4, -0.2) is 0 Å². The molecular formula is C12H18. The van der Waals surface area contributed by atoms with Crippen LogP contribution in [-0.2, 0) is 0 Å². The topological polar surface area (TPSA) is 0 Å². The Morgan fingerprint density at radius 3 is 2.75 bits per heavy atom. The zero-order chi connectivity index (χ0) is 9.23. The van der Waals surface area contributed by atoms with Gasteiger partial charge in [-0.15, -0.1) is 18.1 Å². The molecule has 0 N–H and O–H groups in total. The van der Waals surface area contributed by atoms with E-state index in [1.165, 1.54) is 25.7 Å². The molecule has 0 aliphatic heterocycles. The van der Waals surface area contributed by atoms with Gasteiger partial charge >= 0.3 is 0 Å². The molecule has 0 saturated carbocycles. The second-order valence-electron chi connectivity index (χ2n) is 3.03. The Balaban J connectivity index is 3.64. The van der Waals surface area contributed by atoms with E-state index in [9.17, 15) is 0 Å². The molecule has 0 aliphatic rings. The molecule has 0 rings (SSSR count). The van der Waals surface area contributed by atoms with Crippen molar-refractivity contribution >= 4 is 0 Å². The number of allylic oxidation sites excluding steroid dienone is 1. The SMILES string of the molecule is C#CCC(C=C=C)CCCCC. The predicted molar refractivity (Wildman–Crippen MR) is 54.8 cm³/mol. The fourth-order valence-electron chi connectivity index (χ4n) is 1.22. The summed E-state index contributed by atoms with van der Waals surface area (Å²) in [5.74, 6) is 3.18. The van der Waals surface area contributed by atoms with Crippen molar-refractivity contribution in [1.82, 2.24) is 0 Å². The van der Waals surface area contributed by atoms with Gasteiger partial charge < -0.3 is 0 Å². The fraction of sp³-hybridized carbons (Fsp3) is 0.583. The lowest BCUT2D eigenvalue weighted by atomic mass is 9.98. The minimum Gasteiger partial charge on any atom is -0.133 e. The quantitative estimate of drug-likeness (QED) is 0.318. The van der Waals surface area contributed by atoms with Gasteiger partial charge in [0.25, 0.3) is 0 Å². The predicted octanol–water partition coefficient (Wildman–Crippen LogP) is 3.55. The molecule has 66 valence electrons. The first-order valence-electron chi connectivity index (χ1n) is 4.64. The highest BCUT2D eigenvalue weighted by Gasteiger charge is 2.01. The summed E-state index contributed by atoms with van der Waals surface area (Å²) in [4.78, 5) is 0. The Morgan fingerprint density at radius 1 is 1.50 bits per heavy atom. The molecule has 0 nitrogen and oxygen atoms in total. The van der Waals surface area contributed by atoms with E-state index >= 15 is 0 Å². The van der Waals surface area contributed by atoms with Crippen LogP contribution in [0.25, 0.3) is 0 Å². The average molecular weight is 162 g/mol. The third-order valence-electron chi connectivity index (χ3n) is 1.91. The molecule has 0 saturated heterocycles. The highest BCUT2D eigenvalue weighted by Crippen LogP contribution is 2.13. The molecule has 0 bridgehead atoms. The van der Waals surface area contributed by atoms with Crippen molar-refractivity contribution in [1.29, 1.82) is 0 Å². The van der Waals surface area contributed by atoms with E-state index in [2.05, 4.69) is 25.2 Å². The minimum atomic E-state index is 0.499. The van der Waals surface area contributed by atoms with Gasteiger partial charge in [0.15, 0.2) is 0 Å². The van der Waals surface area contributed by atoms with Gasteiger partial charge in [-0.05, 0) is 18.4 Å². The fourth-order valence-corrected chi connectivity index (χ4v) is 1.22. The molecule has 12 heavy (non-hydrogen) atoms. The second-order valence-corrected chi connectivity index (χ2v) is 3.03. The van der Waals surface area contributed by atoms with Gasteiger partial charge in [-0.1, -0.05) is 32.8 Å². The van der Waals surface area contributed by atoms with E-state index in [0.717, 1.165) is 6.42 Å². The van der Waals surface area contributed by atoms with Crippen molar-refractivity contribution in [3.8, 4) is 12.3 Å². The normalized spacial score (nSPS) is 11.3. The molecule has 0 heterocycles. The highest BCUT2D eigenvalue weighted by molar-refractivity contribution is 4.94. The maximum absolute atomic E-state index is 5.25. The van der Waals surface area contributed by atoms with Crippen LogP contribution >= 0.6 is 0 Å². The van der Waals surface area contributed by atoms with Crippen molar-refractivity contribution in [2.45, 2.75) is 39.0 Å². The third-order valence-corrected chi connectivity index (χ3v) is 1.91. The number of unbranched alkanes of at least 4 members (excludes halogenated alkanes) is 2. The monoisotopic (exact) mass is 162 g/mol. The lowest BCUT2D eigenvalue weighted by Gasteiger charge is -2.06. The summed E-state index contributed by atoms with van der Waals surface area (Å²) >= 11 is 0. The summed E-state index contributed by atoms with van der Waals surface area (Å²) in [5.41, 5.74) is 2.81. The Bertz CT molecular complexity index is 177. The Hall–Kier alpha value is -0.920. The summed E-state index contributed by atoms with van der Waals surface area (Å²) < 4.78 is 0. The van der Waals surface area contributed by atoms with Gasteiger partial charge in [0.2, 0.25) is 0 Å². The molecular weight excluding hydrogens is 144 g/mol. The van der Waals surface area contributed by atoms with Crippen LogP contribution in [0.2, 0.25) is 0 Å². The smallest absolute Gasteiger partial charge is 0.0155 e. The summed E-state index contributed by atoms with van der Waals surface area (Å²) in [5, 5.41) is 0. The van der Waals surface area contributed by atoms with Crippen LogP contribution in [0.3, 0.4) is 0 Å². The molecule has 0 amide bonds. The number of hydrogen-bond acceptors (Lipinski definition) is 0. The average Bonchev–Trinajstić information content (AvgIpc) is 2.06. The van der Waals surface area contributed by atoms with Crippen molar-refractivity contribution in [2.24, 2.45) is 5.92 Å². The molecule has 0 radical (unpaired) electrons. The van der Waals surface area contributed by atoms with Crippen molar-refractivity contribution in [3.63, 3.8) is 0 Å². The van der Waals surface area contributed by atoms with E-state index in [4.69, 9.17) is 6.42 Å². The Labute approximate surface area is 76.4 Å². The van der Waals surface area contributed by atoms with E-state index in [1.807, 2.05) is 6.08 Å². The van der Waals surface area contributed by atoms with Gasteiger partial charge in [-0.25, -0.2) is 0 Å². The lowest BCUT2D eigenvalue weighted by molar-refractivity contribution is 0.551. The lowest BCUT2D eigenvalue weighted by Crippen LogP contribution is -1.94. The van der Waals surface area contributed by atoms with Crippen LogP contribution in [0.5, 0.6) is 0 Å². The Morgan fingerprint density at radius 2 is 2.25 bits per heavy atom. The first-order chi connectivity index (χ1) is 5.85. The maximum atomic E-state index is 5.25. The van der Waals surface area contributed by atoms with E-state index in [-0.39, 0.29) is 0 Å². The van der Waals surface area contributed by atoms with Crippen LogP contribution in [0.15, 0.2) is 18.4 Å². The van der Waals surface area contributed by atoms with Gasteiger partial charge in [0.1, 0.15) is 0 Å². The molecule has 0 fully saturated rings. The maximum Gasteiger partial charge on any atom is 0.0155 e. The van der Waals surface area contributed by atoms with Crippen LogP contribution < -0.4 is 0 Å². The van der Waals surface area contributed by atoms with Crippen molar-refractivity contribution < 1.29 is 0 Å². The molecule has 0 aromatic heterocycles. The first kappa shape index (κ1) is 11.1. The molecule has 0 aromatic carbocycles. The van der Waals surface area contributed by atoms with Gasteiger partial charge in [0.05, 0.1) is 0 Å². The molecule has 0 aromatic rings. The molecule has 0 spiro atoms. The third kappa shape index (κ3) is 5.83. The summed E-state index contributed by atoms with van der Waals surface area (Å²) in [7, 11) is 0. The standard InChI is InChI=1S/C12H18/c1-4-7-8-11-12(9-5-2)10-6-3/h2,10,12H,3-4,7-9,11H2,1H3. The van der Waals surface area contributed by atoms with E-state index in [0.29, 0.717) is 5.92 Å². The van der Waals surface area contributed by atoms with Crippen LogP contribution in [0.1, 0.15) is 39.0 Å². The summed E-state index contributed by atoms with van der Waals surface area (Å²) in [6.45, 7) is 5.77. The summed E-state index contributed by atoms with van der Waals surface area (Å²) in [6.07, 6.45) is 13.1. The Kier molecular flexibility index (Phi) is 7.55. The van der Waals surface area contributed by atoms with Crippen LogP contribution in [0.4, 0.5) is 0 Å². The number of rotatable bonds is 6. The molecule has 1 unspecified atom stereocenters. The van der Waals surface area contributed by atoms with Crippen molar-refractivity contribution in [2.75, 3.05) is 0 Å². The molecule has 0 heteroatoms. The number of terminal acetylenes is 1. The molecule has 1 atom stereocenters. The zero-order valence-electron chi connectivity index (χ0n) is 7.97. The second kappa shape index (κ2) is 8.18. The highest BCUT2D eigenvalue weighted by atomic mass is 14.0. The van der Waals surface area contributed by atoms with E-state index < -0.39 is 0 Å².